The summed E-state index contributed by atoms with van der Waals surface area (Å²) in [5.41, 5.74) is 0.700. The summed E-state index contributed by atoms with van der Waals surface area (Å²) >= 11 is 11.8. The maximum Gasteiger partial charge on any atom is 0.274 e. The summed E-state index contributed by atoms with van der Waals surface area (Å²) in [6, 6.07) is 9.25. The van der Waals surface area contributed by atoms with Crippen LogP contribution in [0.25, 0.3) is 0 Å². The fourth-order valence-corrected chi connectivity index (χ4v) is 2.60. The molecule has 0 atom stereocenters. The number of nitrogens with zero attached hydrogens (tertiary/aromatic N) is 2. The molecule has 9 heteroatoms. The average Bonchev–Trinajstić information content (AvgIpc) is 2.57. The van der Waals surface area contributed by atoms with Crippen LogP contribution >= 0.6 is 23.2 Å². The lowest BCUT2D eigenvalue weighted by molar-refractivity contribution is 0.102. The number of hydrogen-bond acceptors (Lipinski definition) is 4. The van der Waals surface area contributed by atoms with Gasteiger partial charge in [0.2, 0.25) is 5.95 Å². The summed E-state index contributed by atoms with van der Waals surface area (Å²) in [4.78, 5) is 20.3. The van der Waals surface area contributed by atoms with Crippen LogP contribution in [0.3, 0.4) is 0 Å². The second-order valence-corrected chi connectivity index (χ2v) is 6.00. The molecule has 0 saturated carbocycles. The number of rotatable bonds is 4. The van der Waals surface area contributed by atoms with Gasteiger partial charge >= 0.3 is 0 Å². The second-order valence-electron chi connectivity index (χ2n) is 5.13. The van der Waals surface area contributed by atoms with Crippen LogP contribution in [0.1, 0.15) is 10.5 Å². The van der Waals surface area contributed by atoms with Gasteiger partial charge in [0, 0.05) is 33.7 Å². The summed E-state index contributed by atoms with van der Waals surface area (Å²) in [5.74, 6) is -2.45. The number of carbonyl (C=O) groups is 1. The first-order chi connectivity index (χ1) is 12.4. The number of nitrogens with one attached hydrogen (secondary N) is 2. The summed E-state index contributed by atoms with van der Waals surface area (Å²) in [6.07, 6.45) is 1.36. The molecule has 5 nitrogen and oxygen atoms in total. The molecule has 0 spiro atoms. The highest BCUT2D eigenvalue weighted by Gasteiger charge is 2.11. The van der Waals surface area contributed by atoms with Crippen molar-refractivity contribution < 1.29 is 13.6 Å². The molecule has 0 aliphatic heterocycles. The van der Waals surface area contributed by atoms with Gasteiger partial charge in [0.25, 0.3) is 5.91 Å². The predicted octanol–water partition coefficient (Wildman–Crippen LogP) is 5.06. The van der Waals surface area contributed by atoms with E-state index >= 15 is 0 Å². The van der Waals surface area contributed by atoms with Crippen LogP contribution in [-0.4, -0.2) is 15.9 Å². The Balaban J connectivity index is 1.77. The van der Waals surface area contributed by atoms with Crippen molar-refractivity contribution in [2.75, 3.05) is 10.6 Å². The minimum absolute atomic E-state index is 0.0489. The van der Waals surface area contributed by atoms with Gasteiger partial charge in [-0.2, -0.15) is 0 Å². The molecule has 2 aromatic carbocycles. The van der Waals surface area contributed by atoms with Crippen molar-refractivity contribution in [3.05, 3.63) is 76.0 Å². The van der Waals surface area contributed by atoms with Crippen molar-refractivity contribution in [2.24, 2.45) is 0 Å². The molecule has 0 unspecified atom stereocenters. The van der Waals surface area contributed by atoms with Gasteiger partial charge in [0.05, 0.1) is 0 Å². The predicted molar refractivity (Wildman–Crippen MR) is 96.1 cm³/mol. The van der Waals surface area contributed by atoms with Crippen LogP contribution in [0, 0.1) is 11.6 Å². The Morgan fingerprint density at radius 2 is 1.65 bits per heavy atom. The van der Waals surface area contributed by atoms with E-state index in [4.69, 9.17) is 23.2 Å². The first-order valence-corrected chi connectivity index (χ1v) is 7.99. The number of anilines is 3. The normalized spacial score (nSPS) is 10.5. The van der Waals surface area contributed by atoms with Crippen molar-refractivity contribution in [3.63, 3.8) is 0 Å². The molecule has 1 aromatic heterocycles. The molecule has 1 amide bonds. The zero-order valence-electron chi connectivity index (χ0n) is 12.9. The molecular formula is C17H10Cl2F2N4O. The lowest BCUT2D eigenvalue weighted by atomic mass is 10.3. The van der Waals surface area contributed by atoms with E-state index in [1.165, 1.54) is 36.5 Å². The monoisotopic (exact) mass is 394 g/mol. The number of amides is 1. The van der Waals surface area contributed by atoms with E-state index in [2.05, 4.69) is 20.6 Å². The van der Waals surface area contributed by atoms with Gasteiger partial charge in [0.15, 0.2) is 11.6 Å². The standard InChI is InChI=1S/C17H10Cl2F2N4O/c18-9-5-10(19)7-12(6-9)23-16(26)15-3-4-22-17(25-15)24-11-1-2-13(20)14(21)8-11/h1-8H,(H,23,26)(H,22,24,25). The summed E-state index contributed by atoms with van der Waals surface area (Å²) in [6.45, 7) is 0. The van der Waals surface area contributed by atoms with Crippen LogP contribution in [-0.2, 0) is 0 Å². The second kappa shape index (κ2) is 7.63. The highest BCUT2D eigenvalue weighted by atomic mass is 35.5. The first kappa shape index (κ1) is 18.0. The molecule has 2 N–H and O–H groups in total. The summed E-state index contributed by atoms with van der Waals surface area (Å²) in [5, 5.41) is 6.05. The molecule has 132 valence electrons. The van der Waals surface area contributed by atoms with Crippen molar-refractivity contribution in [2.45, 2.75) is 0 Å². The van der Waals surface area contributed by atoms with Crippen molar-refractivity contribution in [1.82, 2.24) is 9.97 Å². The third-order valence-corrected chi connectivity index (χ3v) is 3.62. The Hall–Kier alpha value is -2.77. The highest BCUT2D eigenvalue weighted by Crippen LogP contribution is 2.23. The minimum Gasteiger partial charge on any atom is -0.324 e. The van der Waals surface area contributed by atoms with Crippen LogP contribution in [0.4, 0.5) is 26.1 Å². The fraction of sp³-hybridized carbons (Fsp3) is 0. The first-order valence-electron chi connectivity index (χ1n) is 7.23. The van der Waals surface area contributed by atoms with Gasteiger partial charge < -0.3 is 10.6 Å². The quantitative estimate of drug-likeness (QED) is 0.648. The van der Waals surface area contributed by atoms with Crippen molar-refractivity contribution >= 4 is 46.4 Å². The molecular weight excluding hydrogens is 385 g/mol. The number of halogens is 4. The van der Waals surface area contributed by atoms with Crippen LogP contribution < -0.4 is 10.6 Å². The molecule has 0 aliphatic rings. The molecule has 1 heterocycles. The molecule has 0 fully saturated rings. The molecule has 0 saturated heterocycles. The zero-order valence-corrected chi connectivity index (χ0v) is 14.4. The zero-order chi connectivity index (χ0) is 18.7. The maximum absolute atomic E-state index is 13.3. The smallest absolute Gasteiger partial charge is 0.274 e. The number of hydrogen-bond donors (Lipinski definition) is 2. The molecule has 0 aliphatic carbocycles. The third-order valence-electron chi connectivity index (χ3n) is 3.18. The van der Waals surface area contributed by atoms with E-state index in [1.807, 2.05) is 0 Å². The van der Waals surface area contributed by atoms with E-state index in [9.17, 15) is 13.6 Å². The molecule has 0 radical (unpaired) electrons. The highest BCUT2D eigenvalue weighted by molar-refractivity contribution is 6.35. The maximum atomic E-state index is 13.3. The Morgan fingerprint density at radius 1 is 0.923 bits per heavy atom. The van der Waals surface area contributed by atoms with E-state index in [1.54, 1.807) is 0 Å². The van der Waals surface area contributed by atoms with E-state index in [-0.39, 0.29) is 17.3 Å². The van der Waals surface area contributed by atoms with Crippen LogP contribution in [0.15, 0.2) is 48.7 Å². The molecule has 3 aromatic rings. The van der Waals surface area contributed by atoms with Gasteiger partial charge in [-0.1, -0.05) is 23.2 Å². The van der Waals surface area contributed by atoms with Crippen LogP contribution in [0.5, 0.6) is 0 Å². The summed E-state index contributed by atoms with van der Waals surface area (Å²) < 4.78 is 26.2. The van der Waals surface area contributed by atoms with Gasteiger partial charge in [-0.05, 0) is 36.4 Å². The van der Waals surface area contributed by atoms with Gasteiger partial charge in [-0.3, -0.25) is 4.79 Å². The lowest BCUT2D eigenvalue weighted by Gasteiger charge is -2.08. The largest absolute Gasteiger partial charge is 0.324 e. The van der Waals surface area contributed by atoms with Crippen LogP contribution in [0.2, 0.25) is 10.0 Å². The molecule has 0 bridgehead atoms. The lowest BCUT2D eigenvalue weighted by Crippen LogP contribution is -2.14. The van der Waals surface area contributed by atoms with Gasteiger partial charge in [-0.25, -0.2) is 18.7 Å². The van der Waals surface area contributed by atoms with E-state index < -0.39 is 17.5 Å². The topological polar surface area (TPSA) is 66.9 Å². The number of benzene rings is 2. The fourth-order valence-electron chi connectivity index (χ4n) is 2.07. The van der Waals surface area contributed by atoms with Gasteiger partial charge in [0.1, 0.15) is 5.69 Å². The Morgan fingerprint density at radius 3 is 2.35 bits per heavy atom. The Labute approximate surface area is 157 Å². The number of aromatic nitrogens is 2. The van der Waals surface area contributed by atoms with Crippen molar-refractivity contribution in [3.8, 4) is 0 Å². The Bertz CT molecular complexity index is 964. The molecule has 3 rings (SSSR count). The number of carbonyl (C=O) groups excluding carboxylic acids is 1. The van der Waals surface area contributed by atoms with E-state index in [0.29, 0.717) is 15.7 Å². The molecule has 26 heavy (non-hydrogen) atoms. The van der Waals surface area contributed by atoms with E-state index in [0.717, 1.165) is 12.1 Å². The SMILES string of the molecule is O=C(Nc1cc(Cl)cc(Cl)c1)c1ccnc(Nc2ccc(F)c(F)c2)n1. The summed E-state index contributed by atoms with van der Waals surface area (Å²) in [7, 11) is 0. The average molecular weight is 395 g/mol. The minimum atomic E-state index is -1.01. The van der Waals surface area contributed by atoms with Gasteiger partial charge in [-0.15, -0.1) is 0 Å². The Kier molecular flexibility index (Phi) is 5.29. The third kappa shape index (κ3) is 4.44. The van der Waals surface area contributed by atoms with Crippen molar-refractivity contribution in [1.29, 1.82) is 0 Å².